The fourth-order valence-electron chi connectivity index (χ4n) is 4.21. The van der Waals surface area contributed by atoms with Gasteiger partial charge in [-0.1, -0.05) is 0 Å². The number of nitrogens with zero attached hydrogens (tertiary/aromatic N) is 3. The van der Waals surface area contributed by atoms with E-state index < -0.39 is 10.2 Å². The summed E-state index contributed by atoms with van der Waals surface area (Å²) in [6.45, 7) is 3.10. The Morgan fingerprint density at radius 1 is 0.964 bits per heavy atom. The van der Waals surface area contributed by atoms with Crippen LogP contribution in [0.1, 0.15) is 25.7 Å². The molecule has 1 atom stereocenters. The summed E-state index contributed by atoms with van der Waals surface area (Å²) < 4.78 is 41.8. The zero-order chi connectivity index (χ0) is 19.7. The second kappa shape index (κ2) is 7.96. The maximum atomic E-state index is 13.0. The van der Waals surface area contributed by atoms with E-state index in [1.165, 1.54) is 20.7 Å². The number of carbonyl (C=O) groups is 1. The lowest BCUT2D eigenvalue weighted by molar-refractivity contribution is -0.135. The number of halogens is 1. The molecule has 28 heavy (non-hydrogen) atoms. The molecule has 154 valence electrons. The smallest absolute Gasteiger partial charge is 0.282 e. The molecule has 4 rings (SSSR count). The van der Waals surface area contributed by atoms with Crippen molar-refractivity contribution in [1.29, 1.82) is 0 Å². The third-order valence-corrected chi connectivity index (χ3v) is 7.80. The third-order valence-electron chi connectivity index (χ3n) is 5.87. The van der Waals surface area contributed by atoms with Gasteiger partial charge >= 0.3 is 0 Å². The molecule has 0 bridgehead atoms. The Morgan fingerprint density at radius 3 is 2.32 bits per heavy atom. The van der Waals surface area contributed by atoms with E-state index in [4.69, 9.17) is 0 Å². The van der Waals surface area contributed by atoms with Crippen LogP contribution in [-0.2, 0) is 15.0 Å². The average molecular weight is 411 g/mol. The van der Waals surface area contributed by atoms with Gasteiger partial charge in [0, 0.05) is 45.0 Å². The van der Waals surface area contributed by atoms with Crippen molar-refractivity contribution in [2.24, 2.45) is 5.92 Å². The molecule has 0 aliphatic carbocycles. The minimum Gasteiger partial charge on any atom is -0.380 e. The highest BCUT2D eigenvalue weighted by Crippen LogP contribution is 2.27. The van der Waals surface area contributed by atoms with Gasteiger partial charge in [-0.25, -0.2) is 4.39 Å². The second-order valence-electron chi connectivity index (χ2n) is 7.90. The van der Waals surface area contributed by atoms with E-state index in [-0.39, 0.29) is 30.2 Å². The number of amides is 1. The fraction of sp³-hybridized carbons (Fsp3) is 0.632. The lowest BCUT2D eigenvalue weighted by Crippen LogP contribution is -2.61. The quantitative estimate of drug-likeness (QED) is 0.799. The summed E-state index contributed by atoms with van der Waals surface area (Å²) in [4.78, 5) is 14.5. The number of anilines is 1. The zero-order valence-corrected chi connectivity index (χ0v) is 16.7. The molecule has 3 fully saturated rings. The summed E-state index contributed by atoms with van der Waals surface area (Å²) in [7, 11) is -3.55. The van der Waals surface area contributed by atoms with Gasteiger partial charge in [0.25, 0.3) is 10.2 Å². The lowest BCUT2D eigenvalue weighted by Gasteiger charge is -2.43. The van der Waals surface area contributed by atoms with Crippen LogP contribution in [0.15, 0.2) is 24.3 Å². The highest BCUT2D eigenvalue weighted by atomic mass is 32.2. The molecule has 0 spiro atoms. The van der Waals surface area contributed by atoms with Crippen molar-refractivity contribution >= 4 is 21.8 Å². The molecule has 1 aromatic carbocycles. The van der Waals surface area contributed by atoms with Crippen LogP contribution in [0, 0.1) is 11.7 Å². The normalized spacial score (nSPS) is 24.9. The molecule has 0 saturated carbocycles. The molecule has 0 aromatic heterocycles. The molecule has 0 unspecified atom stereocenters. The summed E-state index contributed by atoms with van der Waals surface area (Å²) in [5, 5.41) is 3.22. The highest BCUT2D eigenvalue weighted by Gasteiger charge is 2.42. The van der Waals surface area contributed by atoms with Crippen LogP contribution >= 0.6 is 0 Å². The van der Waals surface area contributed by atoms with Crippen molar-refractivity contribution in [2.45, 2.75) is 31.7 Å². The van der Waals surface area contributed by atoms with Crippen molar-refractivity contribution in [3.8, 4) is 0 Å². The molecule has 0 radical (unpaired) electrons. The van der Waals surface area contributed by atoms with Gasteiger partial charge < -0.3 is 10.2 Å². The Morgan fingerprint density at radius 2 is 1.64 bits per heavy atom. The van der Waals surface area contributed by atoms with Gasteiger partial charge in [0.15, 0.2) is 0 Å². The first-order chi connectivity index (χ1) is 13.4. The van der Waals surface area contributed by atoms with Gasteiger partial charge in [0.05, 0.1) is 12.0 Å². The minimum atomic E-state index is -3.55. The van der Waals surface area contributed by atoms with Gasteiger partial charge in [0.1, 0.15) is 5.82 Å². The van der Waals surface area contributed by atoms with Gasteiger partial charge in [-0.15, -0.1) is 0 Å². The Kier molecular flexibility index (Phi) is 5.57. The van der Waals surface area contributed by atoms with Crippen molar-refractivity contribution < 1.29 is 17.6 Å². The summed E-state index contributed by atoms with van der Waals surface area (Å²) in [5.41, 5.74) is 0.776. The van der Waals surface area contributed by atoms with E-state index in [2.05, 4.69) is 5.32 Å². The van der Waals surface area contributed by atoms with E-state index in [1.807, 2.05) is 4.90 Å². The van der Waals surface area contributed by atoms with Crippen LogP contribution in [0.5, 0.6) is 0 Å². The summed E-state index contributed by atoms with van der Waals surface area (Å²) in [6.07, 6.45) is 3.55. The number of hydrogen-bond donors (Lipinski definition) is 1. The Labute approximate surface area is 165 Å². The molecule has 7 nitrogen and oxygen atoms in total. The van der Waals surface area contributed by atoms with Crippen LogP contribution in [0.25, 0.3) is 0 Å². The van der Waals surface area contributed by atoms with Crippen LogP contribution in [-0.4, -0.2) is 73.1 Å². The molecule has 3 heterocycles. The van der Waals surface area contributed by atoms with E-state index in [1.54, 1.807) is 12.1 Å². The topological polar surface area (TPSA) is 73.0 Å². The molecule has 1 aromatic rings. The Balaban J connectivity index is 1.32. The van der Waals surface area contributed by atoms with E-state index in [9.17, 15) is 17.6 Å². The molecule has 1 amide bonds. The molecule has 1 N–H and O–H groups in total. The second-order valence-corrected chi connectivity index (χ2v) is 9.83. The van der Waals surface area contributed by atoms with Crippen molar-refractivity contribution in [3.05, 3.63) is 30.1 Å². The number of likely N-dealkylation sites (tertiary alicyclic amines) is 1. The fourth-order valence-corrected chi connectivity index (χ4v) is 6.00. The molecule has 3 aliphatic heterocycles. The largest absolute Gasteiger partial charge is 0.380 e. The molecule has 9 heteroatoms. The Hall–Kier alpha value is -1.71. The lowest BCUT2D eigenvalue weighted by atomic mass is 9.98. The van der Waals surface area contributed by atoms with Gasteiger partial charge in [-0.2, -0.15) is 17.0 Å². The number of nitrogens with one attached hydrogen (secondary N) is 1. The van der Waals surface area contributed by atoms with Crippen molar-refractivity contribution in [2.75, 3.05) is 44.6 Å². The number of rotatable bonds is 5. The monoisotopic (exact) mass is 410 g/mol. The van der Waals surface area contributed by atoms with E-state index in [0.29, 0.717) is 26.1 Å². The number of piperidine rings is 1. The maximum Gasteiger partial charge on any atom is 0.282 e. The molecular formula is C19H27FN4O3S. The minimum absolute atomic E-state index is 0.00653. The van der Waals surface area contributed by atoms with E-state index >= 15 is 0 Å². The average Bonchev–Trinajstić information content (AvgIpc) is 3.20. The highest BCUT2D eigenvalue weighted by molar-refractivity contribution is 7.86. The summed E-state index contributed by atoms with van der Waals surface area (Å²) in [5.74, 6) is -0.417. The Bertz CT molecular complexity index is 805. The van der Waals surface area contributed by atoms with Gasteiger partial charge in [-0.3, -0.25) is 4.79 Å². The molecule has 3 aliphatic rings. The van der Waals surface area contributed by atoms with E-state index in [0.717, 1.165) is 38.0 Å². The first kappa shape index (κ1) is 19.6. The number of carbonyl (C=O) groups excluding carboxylic acids is 1. The predicted molar refractivity (Wildman–Crippen MR) is 104 cm³/mol. The molecule has 3 saturated heterocycles. The number of benzene rings is 1. The summed E-state index contributed by atoms with van der Waals surface area (Å²) in [6, 6.07) is 6.05. The van der Waals surface area contributed by atoms with Crippen molar-refractivity contribution in [1.82, 2.24) is 13.5 Å². The van der Waals surface area contributed by atoms with Crippen LogP contribution in [0.3, 0.4) is 0 Å². The SMILES string of the molecule is O=C([C@H]1CCCN(S(=O)(=O)N2CC(Nc3ccc(F)cc3)C2)C1)N1CCCC1. The van der Waals surface area contributed by atoms with Gasteiger partial charge in [0.2, 0.25) is 5.91 Å². The number of hydrogen-bond acceptors (Lipinski definition) is 4. The standard InChI is InChI=1S/C19H27FN4O3S/c20-16-5-7-17(8-6-16)21-18-13-24(14-18)28(26,27)23-11-3-4-15(12-23)19(25)22-9-1-2-10-22/h5-8,15,18,21H,1-4,9-14H2/t15-/m0/s1. The van der Waals surface area contributed by atoms with Crippen molar-refractivity contribution in [3.63, 3.8) is 0 Å². The predicted octanol–water partition coefficient (Wildman–Crippen LogP) is 1.50. The first-order valence-corrected chi connectivity index (χ1v) is 11.4. The first-order valence-electron chi connectivity index (χ1n) is 9.99. The summed E-state index contributed by atoms with van der Waals surface area (Å²) >= 11 is 0. The van der Waals surface area contributed by atoms with Gasteiger partial charge in [-0.05, 0) is 49.9 Å². The third kappa shape index (κ3) is 4.01. The van der Waals surface area contributed by atoms with Crippen LogP contribution < -0.4 is 5.32 Å². The van der Waals surface area contributed by atoms with Crippen LogP contribution in [0.2, 0.25) is 0 Å². The van der Waals surface area contributed by atoms with Crippen LogP contribution in [0.4, 0.5) is 10.1 Å². The molecular weight excluding hydrogens is 383 g/mol. The zero-order valence-electron chi connectivity index (χ0n) is 15.9. The maximum absolute atomic E-state index is 13.0.